The predicted octanol–water partition coefficient (Wildman–Crippen LogP) is 1.45. The van der Waals surface area contributed by atoms with Crippen LogP contribution in [-0.4, -0.2) is 12.5 Å². The van der Waals surface area contributed by atoms with Crippen LogP contribution in [0, 0.1) is 23.2 Å². The van der Waals surface area contributed by atoms with Gasteiger partial charge in [0.2, 0.25) is 5.91 Å². The molecule has 0 saturated heterocycles. The van der Waals surface area contributed by atoms with Crippen LogP contribution in [0.15, 0.2) is 0 Å². The molecule has 0 spiro atoms. The molecule has 0 aromatic heterocycles. The molecule has 0 aliphatic heterocycles. The van der Waals surface area contributed by atoms with Crippen molar-refractivity contribution in [1.29, 1.82) is 5.26 Å². The summed E-state index contributed by atoms with van der Waals surface area (Å²) in [6.07, 6.45) is 4.26. The Hall–Kier alpha value is -1.04. The fourth-order valence-corrected chi connectivity index (χ4v) is 1.97. The van der Waals surface area contributed by atoms with Gasteiger partial charge in [0.1, 0.15) is 6.54 Å². The van der Waals surface area contributed by atoms with E-state index in [9.17, 15) is 4.79 Å². The lowest BCUT2D eigenvalue weighted by Crippen LogP contribution is -2.26. The van der Waals surface area contributed by atoms with Crippen molar-refractivity contribution >= 4 is 5.91 Å². The van der Waals surface area contributed by atoms with Crippen molar-refractivity contribution in [3.8, 4) is 6.07 Å². The van der Waals surface area contributed by atoms with E-state index in [1.807, 2.05) is 6.07 Å². The molecule has 13 heavy (non-hydrogen) atoms. The van der Waals surface area contributed by atoms with Gasteiger partial charge < -0.3 is 5.32 Å². The third-order valence-corrected chi connectivity index (χ3v) is 2.85. The number of hydrogen-bond donors (Lipinski definition) is 1. The standard InChI is InChI=1S/C10H16N2O/c1-8-3-2-4-9(8)7-10(13)12-6-5-11/h8-9H,2-4,6-7H2,1H3,(H,12,13). The van der Waals surface area contributed by atoms with Crippen molar-refractivity contribution < 1.29 is 4.79 Å². The van der Waals surface area contributed by atoms with Crippen molar-refractivity contribution in [2.24, 2.45) is 11.8 Å². The van der Waals surface area contributed by atoms with Crippen LogP contribution in [0.4, 0.5) is 0 Å². The molecule has 1 amide bonds. The first kappa shape index (κ1) is 10.0. The zero-order valence-electron chi connectivity index (χ0n) is 8.05. The molecule has 72 valence electrons. The van der Waals surface area contributed by atoms with E-state index >= 15 is 0 Å². The highest BCUT2D eigenvalue weighted by atomic mass is 16.1. The van der Waals surface area contributed by atoms with Gasteiger partial charge in [0.15, 0.2) is 0 Å². The molecule has 1 aliphatic rings. The number of hydrogen-bond acceptors (Lipinski definition) is 2. The maximum Gasteiger partial charge on any atom is 0.221 e. The van der Waals surface area contributed by atoms with Crippen molar-refractivity contribution in [2.75, 3.05) is 6.54 Å². The Morgan fingerprint density at radius 3 is 2.92 bits per heavy atom. The van der Waals surface area contributed by atoms with Crippen LogP contribution in [0.5, 0.6) is 0 Å². The molecule has 1 aliphatic carbocycles. The van der Waals surface area contributed by atoms with E-state index in [0.717, 1.165) is 0 Å². The summed E-state index contributed by atoms with van der Waals surface area (Å²) in [7, 11) is 0. The molecule has 1 N–H and O–H groups in total. The third-order valence-electron chi connectivity index (χ3n) is 2.85. The summed E-state index contributed by atoms with van der Waals surface area (Å²) in [6, 6.07) is 1.90. The zero-order chi connectivity index (χ0) is 9.68. The van der Waals surface area contributed by atoms with Gasteiger partial charge in [-0.3, -0.25) is 4.79 Å². The summed E-state index contributed by atoms with van der Waals surface area (Å²) in [4.78, 5) is 11.2. The third kappa shape index (κ3) is 3.06. The number of nitriles is 1. The molecule has 0 bridgehead atoms. The minimum atomic E-state index is 0.0281. The highest BCUT2D eigenvalue weighted by molar-refractivity contribution is 5.76. The fourth-order valence-electron chi connectivity index (χ4n) is 1.97. The minimum Gasteiger partial charge on any atom is -0.343 e. The second kappa shape index (κ2) is 4.86. The molecule has 1 fully saturated rings. The number of nitrogens with one attached hydrogen (secondary N) is 1. The van der Waals surface area contributed by atoms with Gasteiger partial charge in [-0.15, -0.1) is 0 Å². The Morgan fingerprint density at radius 1 is 1.62 bits per heavy atom. The Bertz CT molecular complexity index is 219. The Labute approximate surface area is 79.1 Å². The van der Waals surface area contributed by atoms with Gasteiger partial charge in [0.05, 0.1) is 6.07 Å². The number of nitrogens with zero attached hydrogens (tertiary/aromatic N) is 1. The van der Waals surface area contributed by atoms with E-state index in [0.29, 0.717) is 18.3 Å². The largest absolute Gasteiger partial charge is 0.343 e. The molecular formula is C10H16N2O. The molecule has 0 aromatic carbocycles. The SMILES string of the molecule is CC1CCCC1CC(=O)NCC#N. The van der Waals surface area contributed by atoms with Crippen LogP contribution in [-0.2, 0) is 4.79 Å². The number of carbonyl (C=O) groups is 1. The highest BCUT2D eigenvalue weighted by Gasteiger charge is 2.25. The van der Waals surface area contributed by atoms with Crippen LogP contribution in [0.3, 0.4) is 0 Å². The van der Waals surface area contributed by atoms with Crippen LogP contribution in [0.1, 0.15) is 32.6 Å². The quantitative estimate of drug-likeness (QED) is 0.668. The highest BCUT2D eigenvalue weighted by Crippen LogP contribution is 2.33. The van der Waals surface area contributed by atoms with E-state index in [4.69, 9.17) is 5.26 Å². The van der Waals surface area contributed by atoms with E-state index in [2.05, 4.69) is 12.2 Å². The van der Waals surface area contributed by atoms with E-state index in [-0.39, 0.29) is 12.5 Å². The van der Waals surface area contributed by atoms with E-state index < -0.39 is 0 Å². The van der Waals surface area contributed by atoms with Gasteiger partial charge in [-0.1, -0.05) is 19.8 Å². The van der Waals surface area contributed by atoms with Gasteiger partial charge in [-0.05, 0) is 18.3 Å². The average Bonchev–Trinajstić information content (AvgIpc) is 2.48. The normalized spacial score (nSPS) is 26.8. The van der Waals surface area contributed by atoms with Gasteiger partial charge in [0, 0.05) is 6.42 Å². The maximum atomic E-state index is 11.2. The molecule has 0 aromatic rings. The van der Waals surface area contributed by atoms with Crippen molar-refractivity contribution in [2.45, 2.75) is 32.6 Å². The lowest BCUT2D eigenvalue weighted by molar-refractivity contribution is -0.122. The predicted molar refractivity (Wildman–Crippen MR) is 49.7 cm³/mol. The number of amides is 1. The minimum absolute atomic E-state index is 0.0281. The first-order chi connectivity index (χ1) is 6.24. The smallest absolute Gasteiger partial charge is 0.221 e. The van der Waals surface area contributed by atoms with Crippen LogP contribution in [0.25, 0.3) is 0 Å². The molecule has 1 saturated carbocycles. The summed E-state index contributed by atoms with van der Waals surface area (Å²) in [5.74, 6) is 1.24. The van der Waals surface area contributed by atoms with Gasteiger partial charge in [-0.2, -0.15) is 5.26 Å². The second-order valence-corrected chi connectivity index (χ2v) is 3.81. The molecule has 3 nitrogen and oxygen atoms in total. The van der Waals surface area contributed by atoms with Crippen molar-refractivity contribution in [1.82, 2.24) is 5.32 Å². The average molecular weight is 180 g/mol. The second-order valence-electron chi connectivity index (χ2n) is 3.81. The summed E-state index contributed by atoms with van der Waals surface area (Å²) in [5.41, 5.74) is 0. The molecular weight excluding hydrogens is 164 g/mol. The first-order valence-electron chi connectivity index (χ1n) is 4.87. The molecule has 0 radical (unpaired) electrons. The Balaban J connectivity index is 2.24. The zero-order valence-corrected chi connectivity index (χ0v) is 8.05. The number of carbonyl (C=O) groups excluding carboxylic acids is 1. The first-order valence-corrected chi connectivity index (χ1v) is 4.87. The molecule has 3 heteroatoms. The lowest BCUT2D eigenvalue weighted by atomic mass is 9.94. The molecule has 0 heterocycles. The Morgan fingerprint density at radius 2 is 2.38 bits per heavy atom. The van der Waals surface area contributed by atoms with Gasteiger partial charge in [-0.25, -0.2) is 0 Å². The topological polar surface area (TPSA) is 52.9 Å². The molecule has 2 unspecified atom stereocenters. The summed E-state index contributed by atoms with van der Waals surface area (Å²) in [6.45, 7) is 2.34. The van der Waals surface area contributed by atoms with Gasteiger partial charge >= 0.3 is 0 Å². The van der Waals surface area contributed by atoms with Crippen molar-refractivity contribution in [3.05, 3.63) is 0 Å². The van der Waals surface area contributed by atoms with E-state index in [1.165, 1.54) is 19.3 Å². The van der Waals surface area contributed by atoms with E-state index in [1.54, 1.807) is 0 Å². The summed E-state index contributed by atoms with van der Waals surface area (Å²) < 4.78 is 0. The number of rotatable bonds is 3. The Kier molecular flexibility index (Phi) is 3.75. The van der Waals surface area contributed by atoms with Gasteiger partial charge in [0.25, 0.3) is 0 Å². The molecule has 1 rings (SSSR count). The lowest BCUT2D eigenvalue weighted by Gasteiger charge is -2.13. The van der Waals surface area contributed by atoms with Crippen molar-refractivity contribution in [3.63, 3.8) is 0 Å². The fraction of sp³-hybridized carbons (Fsp3) is 0.800. The monoisotopic (exact) mass is 180 g/mol. The van der Waals surface area contributed by atoms with Crippen LogP contribution < -0.4 is 5.32 Å². The molecule has 2 atom stereocenters. The maximum absolute atomic E-state index is 11.2. The summed E-state index contributed by atoms with van der Waals surface area (Å²) in [5, 5.41) is 10.8. The van der Waals surface area contributed by atoms with Crippen LogP contribution in [0.2, 0.25) is 0 Å². The van der Waals surface area contributed by atoms with Crippen LogP contribution >= 0.6 is 0 Å². The summed E-state index contributed by atoms with van der Waals surface area (Å²) >= 11 is 0.